The number of hydrogen-bond acceptors (Lipinski definition) is 4. The number of hydrogen-bond donors (Lipinski definition) is 1. The van der Waals surface area contributed by atoms with E-state index < -0.39 is 5.95 Å². The lowest BCUT2D eigenvalue weighted by molar-refractivity contribution is 0.294. The fourth-order valence-electron chi connectivity index (χ4n) is 1.85. The van der Waals surface area contributed by atoms with E-state index in [1.807, 2.05) is 18.2 Å². The maximum atomic E-state index is 13.0. The monoisotopic (exact) mass is 290 g/mol. The Kier molecular flexibility index (Phi) is 5.37. The Morgan fingerprint density at radius 3 is 2.76 bits per heavy atom. The van der Waals surface area contributed by atoms with Crippen molar-refractivity contribution in [3.05, 3.63) is 47.9 Å². The second-order valence-electron chi connectivity index (χ2n) is 4.53. The van der Waals surface area contributed by atoms with Crippen molar-refractivity contribution >= 4 is 5.82 Å². The van der Waals surface area contributed by atoms with Gasteiger partial charge in [0.15, 0.2) is 11.5 Å². The Morgan fingerprint density at radius 1 is 1.19 bits per heavy atom. The number of rotatable bonds is 7. The number of pyridine rings is 1. The highest BCUT2D eigenvalue weighted by Gasteiger charge is 2.06. The van der Waals surface area contributed by atoms with E-state index in [0.29, 0.717) is 24.7 Å². The second-order valence-corrected chi connectivity index (χ2v) is 4.53. The molecule has 1 aromatic carbocycles. The molecule has 0 unspecified atom stereocenters. The molecule has 0 spiro atoms. The Balaban J connectivity index is 2.03. The summed E-state index contributed by atoms with van der Waals surface area (Å²) in [5, 5.41) is 3.07. The molecule has 0 aliphatic heterocycles. The minimum absolute atomic E-state index is 0.499. The summed E-state index contributed by atoms with van der Waals surface area (Å²) in [6, 6.07) is 10.4. The number of aromatic nitrogens is 1. The van der Waals surface area contributed by atoms with Crippen molar-refractivity contribution in [2.45, 2.75) is 19.9 Å². The molecule has 0 amide bonds. The molecule has 5 heteroatoms. The highest BCUT2D eigenvalue weighted by Crippen LogP contribution is 2.28. The van der Waals surface area contributed by atoms with Crippen molar-refractivity contribution in [2.75, 3.05) is 19.0 Å². The van der Waals surface area contributed by atoms with Gasteiger partial charge in [0.2, 0.25) is 5.95 Å². The van der Waals surface area contributed by atoms with Crippen LogP contribution in [0.15, 0.2) is 36.4 Å². The number of nitrogens with zero attached hydrogens (tertiary/aromatic N) is 1. The van der Waals surface area contributed by atoms with Crippen molar-refractivity contribution in [1.82, 2.24) is 4.98 Å². The number of methoxy groups -OCH3 is 1. The Hall–Kier alpha value is -2.30. The molecule has 2 rings (SSSR count). The zero-order chi connectivity index (χ0) is 15.1. The fourth-order valence-corrected chi connectivity index (χ4v) is 1.85. The van der Waals surface area contributed by atoms with E-state index in [9.17, 15) is 4.39 Å². The molecule has 0 aliphatic carbocycles. The van der Waals surface area contributed by atoms with E-state index in [2.05, 4.69) is 17.2 Å². The van der Waals surface area contributed by atoms with Gasteiger partial charge in [-0.2, -0.15) is 4.39 Å². The van der Waals surface area contributed by atoms with Gasteiger partial charge in [0.05, 0.1) is 13.7 Å². The van der Waals surface area contributed by atoms with E-state index in [0.717, 1.165) is 17.7 Å². The van der Waals surface area contributed by atoms with Crippen molar-refractivity contribution in [3.8, 4) is 11.5 Å². The molecule has 0 aliphatic rings. The summed E-state index contributed by atoms with van der Waals surface area (Å²) in [6.07, 6.45) is 0.942. The number of anilines is 1. The lowest BCUT2D eigenvalue weighted by Crippen LogP contribution is -2.03. The predicted molar refractivity (Wildman–Crippen MR) is 80.3 cm³/mol. The maximum absolute atomic E-state index is 13.0. The molecule has 0 atom stereocenters. The minimum Gasteiger partial charge on any atom is -0.493 e. The normalized spacial score (nSPS) is 10.2. The third-order valence-corrected chi connectivity index (χ3v) is 2.88. The summed E-state index contributed by atoms with van der Waals surface area (Å²) < 4.78 is 23.9. The molecule has 112 valence electrons. The zero-order valence-corrected chi connectivity index (χ0v) is 12.2. The molecular formula is C16H19FN2O2. The summed E-state index contributed by atoms with van der Waals surface area (Å²) in [6.45, 7) is 3.23. The van der Waals surface area contributed by atoms with Crippen molar-refractivity contribution in [2.24, 2.45) is 0 Å². The van der Waals surface area contributed by atoms with Gasteiger partial charge in [-0.05, 0) is 36.2 Å². The van der Waals surface area contributed by atoms with Gasteiger partial charge in [0.1, 0.15) is 5.82 Å². The highest BCUT2D eigenvalue weighted by molar-refractivity contribution is 5.44. The van der Waals surface area contributed by atoms with Gasteiger partial charge in [0.25, 0.3) is 0 Å². The molecule has 4 nitrogen and oxygen atoms in total. The van der Waals surface area contributed by atoms with E-state index in [1.165, 1.54) is 6.07 Å². The van der Waals surface area contributed by atoms with Crippen molar-refractivity contribution < 1.29 is 13.9 Å². The smallest absolute Gasteiger partial charge is 0.214 e. The van der Waals surface area contributed by atoms with Gasteiger partial charge in [-0.15, -0.1) is 0 Å². The quantitative estimate of drug-likeness (QED) is 0.791. The number of halogens is 1. The molecule has 0 radical (unpaired) electrons. The Bertz CT molecular complexity index is 590. The fraction of sp³-hybridized carbons (Fsp3) is 0.312. The molecule has 0 fully saturated rings. The average molecular weight is 290 g/mol. The van der Waals surface area contributed by atoms with Gasteiger partial charge < -0.3 is 14.8 Å². The molecule has 1 N–H and O–H groups in total. The summed E-state index contributed by atoms with van der Waals surface area (Å²) in [5.41, 5.74) is 1.00. The van der Waals surface area contributed by atoms with Crippen LogP contribution in [0.2, 0.25) is 0 Å². The molecule has 0 bridgehead atoms. The van der Waals surface area contributed by atoms with Gasteiger partial charge in [-0.3, -0.25) is 0 Å². The average Bonchev–Trinajstić information content (AvgIpc) is 2.51. The number of ether oxygens (including phenoxy) is 2. The van der Waals surface area contributed by atoms with Crippen LogP contribution >= 0.6 is 0 Å². The van der Waals surface area contributed by atoms with E-state index in [1.54, 1.807) is 19.2 Å². The van der Waals surface area contributed by atoms with Crippen LogP contribution in [0.25, 0.3) is 0 Å². The predicted octanol–water partition coefficient (Wildman–Crippen LogP) is 3.63. The van der Waals surface area contributed by atoms with Crippen LogP contribution in [0, 0.1) is 5.95 Å². The van der Waals surface area contributed by atoms with Gasteiger partial charge in [-0.25, -0.2) is 4.98 Å². The van der Waals surface area contributed by atoms with Gasteiger partial charge in [0, 0.05) is 6.54 Å². The first-order valence-corrected chi connectivity index (χ1v) is 6.89. The van der Waals surface area contributed by atoms with Crippen LogP contribution in [-0.2, 0) is 6.54 Å². The Morgan fingerprint density at radius 2 is 2.05 bits per heavy atom. The largest absolute Gasteiger partial charge is 0.493 e. The maximum Gasteiger partial charge on any atom is 0.214 e. The summed E-state index contributed by atoms with van der Waals surface area (Å²) >= 11 is 0. The van der Waals surface area contributed by atoms with Crippen LogP contribution in [0.5, 0.6) is 11.5 Å². The van der Waals surface area contributed by atoms with Crippen LogP contribution in [0.3, 0.4) is 0 Å². The Labute approximate surface area is 123 Å². The molecule has 0 saturated carbocycles. The zero-order valence-electron chi connectivity index (χ0n) is 12.2. The van der Waals surface area contributed by atoms with Crippen LogP contribution < -0.4 is 14.8 Å². The van der Waals surface area contributed by atoms with Crippen LogP contribution in [0.4, 0.5) is 10.2 Å². The minimum atomic E-state index is -0.499. The SMILES string of the molecule is CCCOc1ccc(CNc2cccc(F)n2)cc1OC. The lowest BCUT2D eigenvalue weighted by atomic mass is 10.2. The number of nitrogens with one attached hydrogen (secondary N) is 1. The first-order valence-electron chi connectivity index (χ1n) is 6.89. The first kappa shape index (κ1) is 15.1. The lowest BCUT2D eigenvalue weighted by Gasteiger charge is -2.12. The highest BCUT2D eigenvalue weighted by atomic mass is 19.1. The topological polar surface area (TPSA) is 43.4 Å². The standard InChI is InChI=1S/C16H19FN2O2/c1-3-9-21-13-8-7-12(10-14(13)20-2)11-18-16-6-4-5-15(17)19-16/h4-8,10H,3,9,11H2,1-2H3,(H,18,19). The first-order chi connectivity index (χ1) is 10.2. The van der Waals surface area contributed by atoms with Gasteiger partial charge >= 0.3 is 0 Å². The summed E-state index contributed by atoms with van der Waals surface area (Å²) in [7, 11) is 1.61. The third-order valence-electron chi connectivity index (χ3n) is 2.88. The van der Waals surface area contributed by atoms with Crippen LogP contribution in [0.1, 0.15) is 18.9 Å². The molecule has 2 aromatic rings. The third kappa shape index (κ3) is 4.34. The molecular weight excluding hydrogens is 271 g/mol. The molecule has 1 aromatic heterocycles. The van der Waals surface area contributed by atoms with Gasteiger partial charge in [-0.1, -0.05) is 19.1 Å². The molecule has 21 heavy (non-hydrogen) atoms. The van der Waals surface area contributed by atoms with E-state index in [-0.39, 0.29) is 0 Å². The number of benzene rings is 1. The van der Waals surface area contributed by atoms with Crippen LogP contribution in [-0.4, -0.2) is 18.7 Å². The van der Waals surface area contributed by atoms with Crippen molar-refractivity contribution in [1.29, 1.82) is 0 Å². The summed E-state index contributed by atoms with van der Waals surface area (Å²) in [4.78, 5) is 3.76. The molecule has 0 saturated heterocycles. The second kappa shape index (κ2) is 7.47. The van der Waals surface area contributed by atoms with E-state index in [4.69, 9.17) is 9.47 Å². The summed E-state index contributed by atoms with van der Waals surface area (Å²) in [5.74, 6) is 1.42. The van der Waals surface area contributed by atoms with E-state index >= 15 is 0 Å². The van der Waals surface area contributed by atoms with Crippen molar-refractivity contribution in [3.63, 3.8) is 0 Å². The molecule has 1 heterocycles.